The van der Waals surface area contributed by atoms with Crippen LogP contribution in [0.2, 0.25) is 0 Å². The fourth-order valence-electron chi connectivity index (χ4n) is 2.64. The summed E-state index contributed by atoms with van der Waals surface area (Å²) in [7, 11) is 2.21. The average molecular weight is 257 g/mol. The van der Waals surface area contributed by atoms with E-state index in [2.05, 4.69) is 42.9 Å². The van der Waals surface area contributed by atoms with Crippen molar-refractivity contribution in [3.8, 4) is 0 Å². The molecule has 0 aliphatic carbocycles. The predicted octanol–water partition coefficient (Wildman–Crippen LogP) is 0.761. The SMILES string of the molecule is CCCNC(CO)CCN1CC(C)N(C)C(C)C1. The third-order valence-electron chi connectivity index (χ3n) is 4.13. The summed E-state index contributed by atoms with van der Waals surface area (Å²) in [4.78, 5) is 4.99. The van der Waals surface area contributed by atoms with Gasteiger partial charge in [-0.1, -0.05) is 6.92 Å². The van der Waals surface area contributed by atoms with Crippen molar-refractivity contribution in [2.24, 2.45) is 0 Å². The maximum Gasteiger partial charge on any atom is 0.0585 e. The van der Waals surface area contributed by atoms with Crippen LogP contribution in [0.25, 0.3) is 0 Å². The molecule has 0 aromatic carbocycles. The standard InChI is InChI=1S/C14H31N3O/c1-5-7-15-14(11-18)6-8-17-9-12(2)16(4)13(3)10-17/h12-15,18H,5-11H2,1-4H3. The average Bonchev–Trinajstić information content (AvgIpc) is 2.36. The van der Waals surface area contributed by atoms with E-state index < -0.39 is 0 Å². The lowest BCUT2D eigenvalue weighted by Gasteiger charge is -2.42. The van der Waals surface area contributed by atoms with E-state index in [1.165, 1.54) is 0 Å². The summed E-state index contributed by atoms with van der Waals surface area (Å²) in [5.41, 5.74) is 0. The van der Waals surface area contributed by atoms with Crippen molar-refractivity contribution in [3.05, 3.63) is 0 Å². The molecule has 1 aliphatic rings. The van der Waals surface area contributed by atoms with Crippen molar-refractivity contribution < 1.29 is 5.11 Å². The van der Waals surface area contributed by atoms with Gasteiger partial charge in [-0.05, 0) is 46.8 Å². The zero-order valence-electron chi connectivity index (χ0n) is 12.5. The predicted molar refractivity (Wildman–Crippen MR) is 76.9 cm³/mol. The number of rotatable bonds is 7. The Kier molecular flexibility index (Phi) is 7.15. The molecule has 0 aromatic rings. The van der Waals surface area contributed by atoms with Gasteiger partial charge in [0.25, 0.3) is 0 Å². The van der Waals surface area contributed by atoms with Crippen LogP contribution in [-0.4, -0.2) is 72.9 Å². The smallest absolute Gasteiger partial charge is 0.0585 e. The first-order valence-corrected chi connectivity index (χ1v) is 7.37. The molecule has 4 heteroatoms. The minimum atomic E-state index is 0.249. The van der Waals surface area contributed by atoms with E-state index in [1.807, 2.05) is 0 Å². The summed E-state index contributed by atoms with van der Waals surface area (Å²) in [6.07, 6.45) is 2.17. The zero-order chi connectivity index (χ0) is 13.5. The van der Waals surface area contributed by atoms with Crippen LogP contribution in [0.1, 0.15) is 33.6 Å². The Hall–Kier alpha value is -0.160. The number of nitrogens with one attached hydrogen (secondary N) is 1. The number of hydrogen-bond donors (Lipinski definition) is 2. The highest BCUT2D eigenvalue weighted by atomic mass is 16.3. The molecule has 1 aliphatic heterocycles. The third-order valence-corrected chi connectivity index (χ3v) is 4.13. The number of nitrogens with zero attached hydrogens (tertiary/aromatic N) is 2. The maximum absolute atomic E-state index is 9.34. The van der Waals surface area contributed by atoms with Gasteiger partial charge >= 0.3 is 0 Å². The highest BCUT2D eigenvalue weighted by Crippen LogP contribution is 2.13. The molecular formula is C14H31N3O. The molecule has 1 rings (SSSR count). The monoisotopic (exact) mass is 257 g/mol. The Morgan fingerprint density at radius 2 is 1.89 bits per heavy atom. The van der Waals surface area contributed by atoms with Gasteiger partial charge in [-0.15, -0.1) is 0 Å². The van der Waals surface area contributed by atoms with E-state index in [9.17, 15) is 5.11 Å². The van der Waals surface area contributed by atoms with Crippen molar-refractivity contribution in [1.29, 1.82) is 0 Å². The van der Waals surface area contributed by atoms with Gasteiger partial charge in [-0.3, -0.25) is 4.90 Å². The van der Waals surface area contributed by atoms with Crippen molar-refractivity contribution in [2.75, 3.05) is 39.8 Å². The normalized spacial score (nSPS) is 28.5. The van der Waals surface area contributed by atoms with Gasteiger partial charge in [0.2, 0.25) is 0 Å². The molecule has 2 N–H and O–H groups in total. The van der Waals surface area contributed by atoms with Crippen LogP contribution in [0.3, 0.4) is 0 Å². The second-order valence-corrected chi connectivity index (χ2v) is 5.75. The van der Waals surface area contributed by atoms with E-state index in [1.54, 1.807) is 0 Å². The quantitative estimate of drug-likeness (QED) is 0.706. The number of hydrogen-bond acceptors (Lipinski definition) is 4. The van der Waals surface area contributed by atoms with Crippen molar-refractivity contribution >= 4 is 0 Å². The third kappa shape index (κ3) is 4.84. The summed E-state index contributed by atoms with van der Waals surface area (Å²) in [5.74, 6) is 0. The molecule has 1 saturated heterocycles. The lowest BCUT2D eigenvalue weighted by molar-refractivity contribution is 0.0562. The Balaban J connectivity index is 2.29. The maximum atomic E-state index is 9.34. The Bertz CT molecular complexity index is 213. The van der Waals surface area contributed by atoms with Gasteiger partial charge in [0.15, 0.2) is 0 Å². The van der Waals surface area contributed by atoms with Crippen molar-refractivity contribution in [3.63, 3.8) is 0 Å². The molecule has 108 valence electrons. The molecule has 1 fully saturated rings. The molecule has 3 unspecified atom stereocenters. The highest BCUT2D eigenvalue weighted by Gasteiger charge is 2.26. The lowest BCUT2D eigenvalue weighted by Crippen LogP contribution is -2.55. The molecule has 0 radical (unpaired) electrons. The number of aliphatic hydroxyl groups excluding tert-OH is 1. The number of aliphatic hydroxyl groups is 1. The summed E-state index contributed by atoms with van der Waals surface area (Å²) in [5, 5.41) is 12.7. The molecule has 0 spiro atoms. The number of likely N-dealkylation sites (N-methyl/N-ethyl adjacent to an activating group) is 1. The van der Waals surface area contributed by atoms with Gasteiger partial charge in [-0.2, -0.15) is 0 Å². The number of piperazine rings is 1. The molecule has 0 aromatic heterocycles. The van der Waals surface area contributed by atoms with Crippen LogP contribution in [0.4, 0.5) is 0 Å². The van der Waals surface area contributed by atoms with Gasteiger partial charge < -0.3 is 15.3 Å². The van der Waals surface area contributed by atoms with Gasteiger partial charge in [0.1, 0.15) is 0 Å². The molecule has 0 bridgehead atoms. The first-order valence-electron chi connectivity index (χ1n) is 7.37. The molecule has 0 amide bonds. The van der Waals surface area contributed by atoms with Crippen molar-refractivity contribution in [2.45, 2.75) is 51.7 Å². The fourth-order valence-corrected chi connectivity index (χ4v) is 2.64. The highest BCUT2D eigenvalue weighted by molar-refractivity contribution is 4.83. The first kappa shape index (κ1) is 15.9. The second kappa shape index (κ2) is 8.10. The summed E-state index contributed by atoms with van der Waals surface area (Å²) in [6.45, 7) is 11.4. The molecule has 3 atom stereocenters. The fraction of sp³-hybridized carbons (Fsp3) is 1.00. The molecule has 18 heavy (non-hydrogen) atoms. The van der Waals surface area contributed by atoms with Crippen LogP contribution in [0.5, 0.6) is 0 Å². The molecule has 0 saturated carbocycles. The first-order chi connectivity index (χ1) is 8.58. The van der Waals surface area contributed by atoms with E-state index in [0.29, 0.717) is 12.1 Å². The largest absolute Gasteiger partial charge is 0.395 e. The zero-order valence-corrected chi connectivity index (χ0v) is 12.5. The second-order valence-electron chi connectivity index (χ2n) is 5.75. The lowest BCUT2D eigenvalue weighted by atomic mass is 10.1. The van der Waals surface area contributed by atoms with Gasteiger partial charge in [0.05, 0.1) is 6.61 Å². The Labute approximate surface area is 112 Å². The van der Waals surface area contributed by atoms with Crippen LogP contribution >= 0.6 is 0 Å². The van der Waals surface area contributed by atoms with Crippen molar-refractivity contribution in [1.82, 2.24) is 15.1 Å². The summed E-state index contributed by atoms with van der Waals surface area (Å²) in [6, 6.07) is 1.52. The van der Waals surface area contributed by atoms with Crippen LogP contribution in [-0.2, 0) is 0 Å². The Morgan fingerprint density at radius 1 is 1.28 bits per heavy atom. The van der Waals surface area contributed by atoms with Crippen LogP contribution < -0.4 is 5.32 Å². The van der Waals surface area contributed by atoms with Crippen LogP contribution in [0.15, 0.2) is 0 Å². The van der Waals surface area contributed by atoms with Crippen LogP contribution in [0, 0.1) is 0 Å². The van der Waals surface area contributed by atoms with Gasteiger partial charge in [0, 0.05) is 31.2 Å². The van der Waals surface area contributed by atoms with E-state index >= 15 is 0 Å². The van der Waals surface area contributed by atoms with E-state index in [-0.39, 0.29) is 12.6 Å². The molecule has 4 nitrogen and oxygen atoms in total. The minimum absolute atomic E-state index is 0.249. The topological polar surface area (TPSA) is 38.7 Å². The van der Waals surface area contributed by atoms with Gasteiger partial charge in [-0.25, -0.2) is 0 Å². The summed E-state index contributed by atoms with van der Waals surface area (Å²) >= 11 is 0. The molecular weight excluding hydrogens is 226 g/mol. The minimum Gasteiger partial charge on any atom is -0.395 e. The summed E-state index contributed by atoms with van der Waals surface area (Å²) < 4.78 is 0. The molecule has 1 heterocycles. The van der Waals surface area contributed by atoms with E-state index in [0.717, 1.165) is 39.0 Å². The van der Waals surface area contributed by atoms with E-state index in [4.69, 9.17) is 0 Å². The Morgan fingerprint density at radius 3 is 2.39 bits per heavy atom.